The van der Waals surface area contributed by atoms with Crippen molar-refractivity contribution in [1.82, 2.24) is 29.9 Å². The smallest absolute Gasteiger partial charge is 0.342 e. The van der Waals surface area contributed by atoms with Gasteiger partial charge in [0.05, 0.1) is 17.6 Å². The van der Waals surface area contributed by atoms with Crippen molar-refractivity contribution in [3.63, 3.8) is 0 Å². The second-order valence-corrected chi connectivity index (χ2v) is 7.18. The van der Waals surface area contributed by atoms with Crippen molar-refractivity contribution < 1.29 is 14.3 Å². The number of amides is 1. The van der Waals surface area contributed by atoms with Crippen molar-refractivity contribution in [3.05, 3.63) is 71.3 Å². The molecule has 1 aromatic carbocycles. The molecular formula is C22H21N7O3. The zero-order chi connectivity index (χ0) is 22.7. The van der Waals surface area contributed by atoms with Crippen LogP contribution in [0.2, 0.25) is 0 Å². The molecule has 3 heterocycles. The molecule has 32 heavy (non-hydrogen) atoms. The van der Waals surface area contributed by atoms with E-state index in [1.165, 1.54) is 10.9 Å². The molecule has 0 radical (unpaired) electrons. The monoisotopic (exact) mass is 431 g/mol. The number of benzene rings is 1. The van der Waals surface area contributed by atoms with Crippen molar-refractivity contribution in [2.75, 3.05) is 11.9 Å². The number of carbonyl (C=O) groups excluding carboxylic acids is 2. The maximum Gasteiger partial charge on any atom is 0.342 e. The molecule has 0 atom stereocenters. The molecule has 0 aliphatic heterocycles. The lowest BCUT2D eigenvalue weighted by Gasteiger charge is -2.09. The third-order valence-electron chi connectivity index (χ3n) is 4.52. The molecule has 0 fully saturated rings. The van der Waals surface area contributed by atoms with E-state index in [0.29, 0.717) is 23.2 Å². The predicted molar refractivity (Wildman–Crippen MR) is 116 cm³/mol. The van der Waals surface area contributed by atoms with Crippen LogP contribution in [-0.4, -0.2) is 48.4 Å². The van der Waals surface area contributed by atoms with Gasteiger partial charge in [-0.3, -0.25) is 9.89 Å². The van der Waals surface area contributed by atoms with Crippen LogP contribution in [0, 0.1) is 20.8 Å². The first-order valence-corrected chi connectivity index (χ1v) is 9.86. The normalized spacial score (nSPS) is 10.7. The van der Waals surface area contributed by atoms with Crippen LogP contribution >= 0.6 is 0 Å². The number of ether oxygens (including phenoxy) is 1. The number of aryl methyl sites for hydroxylation is 3. The minimum Gasteiger partial charge on any atom is -0.452 e. The van der Waals surface area contributed by atoms with E-state index in [9.17, 15) is 9.59 Å². The summed E-state index contributed by atoms with van der Waals surface area (Å²) >= 11 is 0. The molecule has 3 aromatic heterocycles. The average molecular weight is 431 g/mol. The van der Waals surface area contributed by atoms with Crippen molar-refractivity contribution in [3.8, 4) is 17.2 Å². The Hall–Kier alpha value is -4.34. The van der Waals surface area contributed by atoms with Crippen molar-refractivity contribution in [2.45, 2.75) is 20.8 Å². The molecule has 4 rings (SSSR count). The van der Waals surface area contributed by atoms with Crippen LogP contribution in [0.3, 0.4) is 0 Å². The summed E-state index contributed by atoms with van der Waals surface area (Å²) in [6.45, 7) is 5.02. The van der Waals surface area contributed by atoms with Gasteiger partial charge in [0.2, 0.25) is 0 Å². The van der Waals surface area contributed by atoms with Gasteiger partial charge >= 0.3 is 5.97 Å². The van der Waals surface area contributed by atoms with Crippen LogP contribution in [-0.2, 0) is 9.53 Å². The highest BCUT2D eigenvalue weighted by atomic mass is 16.5. The first-order valence-electron chi connectivity index (χ1n) is 9.86. The predicted octanol–water partition coefficient (Wildman–Crippen LogP) is 2.77. The van der Waals surface area contributed by atoms with Gasteiger partial charge in [0.15, 0.2) is 6.61 Å². The number of rotatable bonds is 6. The molecule has 1 amide bonds. The number of aromatic nitrogens is 6. The van der Waals surface area contributed by atoms with Crippen molar-refractivity contribution >= 4 is 17.7 Å². The molecule has 0 saturated carbocycles. The minimum atomic E-state index is -0.657. The number of hydrogen-bond donors (Lipinski definition) is 2. The third-order valence-corrected chi connectivity index (χ3v) is 4.52. The fourth-order valence-corrected chi connectivity index (χ4v) is 3.20. The number of carbonyl (C=O) groups is 2. The summed E-state index contributed by atoms with van der Waals surface area (Å²) in [5.74, 6) is -0.459. The van der Waals surface area contributed by atoms with E-state index in [0.717, 1.165) is 17.0 Å². The van der Waals surface area contributed by atoms with Gasteiger partial charge in [0.25, 0.3) is 11.9 Å². The lowest BCUT2D eigenvalue weighted by atomic mass is 10.1. The highest BCUT2D eigenvalue weighted by molar-refractivity contribution is 5.98. The zero-order valence-electron chi connectivity index (χ0n) is 17.8. The number of aromatic amines is 1. The van der Waals surface area contributed by atoms with Crippen LogP contribution in [0.15, 0.2) is 48.7 Å². The Balaban J connectivity index is 1.45. The lowest BCUT2D eigenvalue weighted by Crippen LogP contribution is -2.23. The van der Waals surface area contributed by atoms with Crippen LogP contribution < -0.4 is 5.32 Å². The largest absolute Gasteiger partial charge is 0.452 e. The molecule has 4 aromatic rings. The third kappa shape index (κ3) is 4.53. The first kappa shape index (κ1) is 20.9. The average Bonchev–Trinajstić information content (AvgIpc) is 3.39. The summed E-state index contributed by atoms with van der Waals surface area (Å²) in [5.41, 5.74) is 3.78. The number of anilines is 1. The van der Waals surface area contributed by atoms with E-state index in [-0.39, 0.29) is 5.56 Å². The van der Waals surface area contributed by atoms with Crippen molar-refractivity contribution in [2.24, 2.45) is 0 Å². The Morgan fingerprint density at radius 2 is 1.75 bits per heavy atom. The maximum absolute atomic E-state index is 12.5. The van der Waals surface area contributed by atoms with Crippen LogP contribution in [0.5, 0.6) is 0 Å². The van der Waals surface area contributed by atoms with E-state index < -0.39 is 18.5 Å². The van der Waals surface area contributed by atoms with Gasteiger partial charge in [-0.25, -0.2) is 14.8 Å². The molecule has 0 aliphatic carbocycles. The fraction of sp³-hybridized carbons (Fsp3) is 0.182. The molecule has 0 unspecified atom stereocenters. The van der Waals surface area contributed by atoms with E-state index in [4.69, 9.17) is 4.74 Å². The molecule has 0 saturated heterocycles. The molecule has 0 aliphatic rings. The number of H-pyrrole nitrogens is 1. The number of esters is 1. The molecule has 0 spiro atoms. The highest BCUT2D eigenvalue weighted by Crippen LogP contribution is 2.21. The fourth-order valence-electron chi connectivity index (χ4n) is 3.20. The first-order chi connectivity index (χ1) is 15.4. The molecular weight excluding hydrogens is 410 g/mol. The zero-order valence-corrected chi connectivity index (χ0v) is 17.8. The van der Waals surface area contributed by atoms with Gasteiger partial charge < -0.3 is 10.1 Å². The summed E-state index contributed by atoms with van der Waals surface area (Å²) < 4.78 is 6.64. The van der Waals surface area contributed by atoms with E-state index in [1.54, 1.807) is 13.0 Å². The Bertz CT molecular complexity index is 1260. The quantitative estimate of drug-likeness (QED) is 0.449. The van der Waals surface area contributed by atoms with Crippen LogP contribution in [0.25, 0.3) is 17.2 Å². The SMILES string of the molecule is Cc1cc(C)nc(-n2nc(C)cc2NC(=O)COC(=O)c2cn[nH]c2-c2ccccc2)n1. The van der Waals surface area contributed by atoms with Crippen LogP contribution in [0.1, 0.15) is 27.4 Å². The van der Waals surface area contributed by atoms with E-state index in [2.05, 4.69) is 30.6 Å². The van der Waals surface area contributed by atoms with Gasteiger partial charge in [0.1, 0.15) is 11.4 Å². The summed E-state index contributed by atoms with van der Waals surface area (Å²) in [6, 6.07) is 12.8. The Morgan fingerprint density at radius 3 is 2.47 bits per heavy atom. The second-order valence-electron chi connectivity index (χ2n) is 7.18. The Kier molecular flexibility index (Phi) is 5.75. The molecule has 162 valence electrons. The van der Waals surface area contributed by atoms with Gasteiger partial charge in [0, 0.05) is 23.0 Å². The number of nitrogens with one attached hydrogen (secondary N) is 2. The van der Waals surface area contributed by atoms with Gasteiger partial charge in [-0.15, -0.1) is 0 Å². The topological polar surface area (TPSA) is 128 Å². The van der Waals surface area contributed by atoms with E-state index >= 15 is 0 Å². The molecule has 10 nitrogen and oxygen atoms in total. The van der Waals surface area contributed by atoms with Crippen molar-refractivity contribution in [1.29, 1.82) is 0 Å². The number of nitrogens with zero attached hydrogens (tertiary/aromatic N) is 5. The molecule has 2 N–H and O–H groups in total. The van der Waals surface area contributed by atoms with Gasteiger partial charge in [-0.2, -0.15) is 14.9 Å². The summed E-state index contributed by atoms with van der Waals surface area (Å²) in [6.07, 6.45) is 1.37. The summed E-state index contributed by atoms with van der Waals surface area (Å²) in [5, 5.41) is 13.8. The highest BCUT2D eigenvalue weighted by Gasteiger charge is 2.19. The summed E-state index contributed by atoms with van der Waals surface area (Å²) in [7, 11) is 0. The van der Waals surface area contributed by atoms with E-state index in [1.807, 2.05) is 50.2 Å². The lowest BCUT2D eigenvalue weighted by molar-refractivity contribution is -0.119. The summed E-state index contributed by atoms with van der Waals surface area (Å²) in [4.78, 5) is 33.7. The second kappa shape index (κ2) is 8.80. The number of hydrogen-bond acceptors (Lipinski definition) is 7. The molecule has 10 heteroatoms. The van der Waals surface area contributed by atoms with Crippen LogP contribution in [0.4, 0.5) is 5.82 Å². The standard InChI is InChI=1S/C22H21N7O3/c1-13-9-14(2)25-22(24-13)29-18(10-15(3)28-29)26-19(30)12-32-21(31)17-11-23-27-20(17)16-7-5-4-6-8-16/h4-11H,12H2,1-3H3,(H,23,27)(H,26,30). The Labute approximate surface area is 183 Å². The minimum absolute atomic E-state index is 0.244. The van der Waals surface area contributed by atoms with Gasteiger partial charge in [-0.1, -0.05) is 30.3 Å². The molecule has 0 bridgehead atoms. The van der Waals surface area contributed by atoms with Gasteiger partial charge in [-0.05, 0) is 26.8 Å². The maximum atomic E-state index is 12.5. The Morgan fingerprint density at radius 1 is 1.03 bits per heavy atom.